The van der Waals surface area contributed by atoms with Gasteiger partial charge in [0.25, 0.3) is 0 Å². The van der Waals surface area contributed by atoms with Gasteiger partial charge in [0.2, 0.25) is 0 Å². The zero-order chi connectivity index (χ0) is 11.4. The maximum Gasteiger partial charge on any atom is 0.156 e. The van der Waals surface area contributed by atoms with Crippen molar-refractivity contribution >= 4 is 22.2 Å². The minimum atomic E-state index is -2.93. The molecule has 1 aromatic rings. The predicted molar refractivity (Wildman–Crippen MR) is 65.8 cm³/mol. The molecule has 2 aliphatic heterocycles. The number of fused-ring (bicyclic) bond motifs is 1. The Hall–Kier alpha value is -0.650. The second-order valence-electron chi connectivity index (χ2n) is 4.59. The second-order valence-corrected chi connectivity index (χ2v) is 6.77. The van der Waals surface area contributed by atoms with E-state index in [1.807, 2.05) is 0 Å². The third-order valence-electron chi connectivity index (χ3n) is 3.70. The van der Waals surface area contributed by atoms with Crippen LogP contribution in [0.2, 0.25) is 0 Å². The number of halogens is 2. The van der Waals surface area contributed by atoms with E-state index in [0.717, 1.165) is 5.56 Å². The summed E-state index contributed by atoms with van der Waals surface area (Å²) in [7, 11) is -2.93. The van der Waals surface area contributed by atoms with Gasteiger partial charge in [-0.25, -0.2) is 12.8 Å². The van der Waals surface area contributed by atoms with Crippen LogP contribution in [-0.2, 0) is 15.3 Å². The van der Waals surface area contributed by atoms with E-state index < -0.39 is 9.84 Å². The molecule has 0 unspecified atom stereocenters. The normalized spacial score (nSPS) is 33.4. The zero-order valence-corrected chi connectivity index (χ0v) is 10.7. The van der Waals surface area contributed by atoms with Crippen molar-refractivity contribution in [2.24, 2.45) is 0 Å². The molecule has 17 heavy (non-hydrogen) atoms. The standard InChI is InChI=1S/C11H12FNO2S.ClH/c12-9-3-1-8(2-4-9)11-6-13-5-10(11)16(14,15)7-11;/h1-4,10,13H,5-7H2;1H/t10-,11-;/m0./s1. The van der Waals surface area contributed by atoms with E-state index in [4.69, 9.17) is 0 Å². The third kappa shape index (κ3) is 1.68. The Morgan fingerprint density at radius 3 is 2.53 bits per heavy atom. The molecule has 0 aliphatic carbocycles. The Balaban J connectivity index is 0.00000108. The Bertz CT molecular complexity index is 531. The van der Waals surface area contributed by atoms with Gasteiger partial charge in [0.1, 0.15) is 5.82 Å². The van der Waals surface area contributed by atoms with Gasteiger partial charge in [0.05, 0.1) is 11.0 Å². The smallest absolute Gasteiger partial charge is 0.156 e. The molecule has 1 N–H and O–H groups in total. The molecule has 3 rings (SSSR count). The Labute approximate surface area is 106 Å². The van der Waals surface area contributed by atoms with E-state index in [2.05, 4.69) is 5.32 Å². The first-order valence-corrected chi connectivity index (χ1v) is 6.94. The van der Waals surface area contributed by atoms with Crippen molar-refractivity contribution in [1.82, 2.24) is 5.32 Å². The Kier molecular flexibility index (Phi) is 2.96. The molecule has 1 aromatic carbocycles. The summed E-state index contributed by atoms with van der Waals surface area (Å²) in [6.45, 7) is 1.18. The number of hydrogen-bond acceptors (Lipinski definition) is 3. The van der Waals surface area contributed by atoms with Crippen LogP contribution in [0.15, 0.2) is 24.3 Å². The van der Waals surface area contributed by atoms with Gasteiger partial charge in [-0.3, -0.25) is 0 Å². The molecule has 6 heteroatoms. The van der Waals surface area contributed by atoms with Gasteiger partial charge in [0, 0.05) is 18.5 Å². The van der Waals surface area contributed by atoms with Crippen molar-refractivity contribution in [2.45, 2.75) is 10.7 Å². The number of sulfone groups is 1. The number of nitrogens with one attached hydrogen (secondary N) is 1. The monoisotopic (exact) mass is 277 g/mol. The van der Waals surface area contributed by atoms with E-state index in [9.17, 15) is 12.8 Å². The van der Waals surface area contributed by atoms with Crippen molar-refractivity contribution in [1.29, 1.82) is 0 Å². The average molecular weight is 278 g/mol. The lowest BCUT2D eigenvalue weighted by molar-refractivity contribution is 0.443. The summed E-state index contributed by atoms with van der Waals surface area (Å²) >= 11 is 0. The van der Waals surface area contributed by atoms with Crippen LogP contribution in [0.3, 0.4) is 0 Å². The molecule has 3 nitrogen and oxygen atoms in total. The lowest BCUT2D eigenvalue weighted by atomic mass is 9.80. The first-order valence-electron chi connectivity index (χ1n) is 5.23. The Morgan fingerprint density at radius 2 is 1.94 bits per heavy atom. The van der Waals surface area contributed by atoms with Crippen LogP contribution in [-0.4, -0.2) is 32.5 Å². The maximum atomic E-state index is 12.8. The molecule has 2 aliphatic rings. The summed E-state index contributed by atoms with van der Waals surface area (Å²) in [6, 6.07) is 6.18. The van der Waals surface area contributed by atoms with Gasteiger partial charge >= 0.3 is 0 Å². The zero-order valence-electron chi connectivity index (χ0n) is 9.02. The molecule has 2 atom stereocenters. The van der Waals surface area contributed by atoms with Crippen molar-refractivity contribution in [3.05, 3.63) is 35.6 Å². The molecule has 0 bridgehead atoms. The fourth-order valence-electron chi connectivity index (χ4n) is 2.86. The van der Waals surface area contributed by atoms with Crippen LogP contribution in [0.25, 0.3) is 0 Å². The molecule has 0 aromatic heterocycles. The number of rotatable bonds is 1. The highest BCUT2D eigenvalue weighted by Gasteiger charge is 2.61. The average Bonchev–Trinajstić information content (AvgIpc) is 2.59. The summed E-state index contributed by atoms with van der Waals surface area (Å²) in [5.41, 5.74) is 0.616. The van der Waals surface area contributed by atoms with Crippen LogP contribution < -0.4 is 5.32 Å². The van der Waals surface area contributed by atoms with Crippen molar-refractivity contribution < 1.29 is 12.8 Å². The molecule has 2 saturated heterocycles. The molecule has 0 spiro atoms. The lowest BCUT2D eigenvalue weighted by Gasteiger charge is -2.43. The largest absolute Gasteiger partial charge is 0.314 e. The predicted octanol–water partition coefficient (Wildman–Crippen LogP) is 0.886. The number of benzene rings is 1. The van der Waals surface area contributed by atoms with Gasteiger partial charge < -0.3 is 5.32 Å². The first-order chi connectivity index (χ1) is 7.55. The molecule has 2 heterocycles. The molecule has 0 radical (unpaired) electrons. The topological polar surface area (TPSA) is 46.2 Å². The minimum Gasteiger partial charge on any atom is -0.314 e. The van der Waals surface area contributed by atoms with Crippen LogP contribution in [0.5, 0.6) is 0 Å². The van der Waals surface area contributed by atoms with Crippen LogP contribution >= 0.6 is 12.4 Å². The van der Waals surface area contributed by atoms with Crippen molar-refractivity contribution in [3.8, 4) is 0 Å². The highest BCUT2D eigenvalue weighted by Crippen LogP contribution is 2.45. The quantitative estimate of drug-likeness (QED) is 0.829. The highest BCUT2D eigenvalue weighted by molar-refractivity contribution is 7.93. The van der Waals surface area contributed by atoms with E-state index in [0.29, 0.717) is 13.1 Å². The molecule has 0 saturated carbocycles. The lowest BCUT2D eigenvalue weighted by Crippen LogP contribution is -2.59. The molecule has 0 amide bonds. The second kappa shape index (κ2) is 3.93. The molecule has 94 valence electrons. The van der Waals surface area contributed by atoms with Gasteiger partial charge in [0.15, 0.2) is 9.84 Å². The summed E-state index contributed by atoms with van der Waals surface area (Å²) < 4.78 is 36.1. The van der Waals surface area contributed by atoms with Crippen molar-refractivity contribution in [3.63, 3.8) is 0 Å². The van der Waals surface area contributed by atoms with Crippen LogP contribution in [0, 0.1) is 5.82 Å². The molecular formula is C11H13ClFNO2S. The van der Waals surface area contributed by atoms with E-state index in [1.165, 1.54) is 12.1 Å². The summed E-state index contributed by atoms with van der Waals surface area (Å²) in [5.74, 6) is -0.103. The maximum absolute atomic E-state index is 12.8. The molecule has 2 fully saturated rings. The summed E-state index contributed by atoms with van der Waals surface area (Å²) in [6.07, 6.45) is 0. The first kappa shape index (κ1) is 12.8. The Morgan fingerprint density at radius 1 is 1.29 bits per heavy atom. The van der Waals surface area contributed by atoms with Gasteiger partial charge in [-0.2, -0.15) is 0 Å². The third-order valence-corrected chi connectivity index (χ3v) is 6.10. The van der Waals surface area contributed by atoms with E-state index >= 15 is 0 Å². The van der Waals surface area contributed by atoms with Crippen LogP contribution in [0.1, 0.15) is 5.56 Å². The van der Waals surface area contributed by atoms with Gasteiger partial charge in [-0.1, -0.05) is 12.1 Å². The SMILES string of the molecule is Cl.O=S1(=O)C[C@]2(c3ccc(F)cc3)CNC[C@@H]21. The van der Waals surface area contributed by atoms with Crippen molar-refractivity contribution in [2.75, 3.05) is 18.8 Å². The minimum absolute atomic E-state index is 0. The van der Waals surface area contributed by atoms with Crippen LogP contribution in [0.4, 0.5) is 4.39 Å². The fraction of sp³-hybridized carbons (Fsp3) is 0.455. The van der Waals surface area contributed by atoms with Gasteiger partial charge in [-0.15, -0.1) is 12.4 Å². The number of hydrogen-bond donors (Lipinski definition) is 1. The van der Waals surface area contributed by atoms with E-state index in [1.54, 1.807) is 12.1 Å². The summed E-state index contributed by atoms with van der Waals surface area (Å²) in [5, 5.41) is 2.79. The van der Waals surface area contributed by atoms with Gasteiger partial charge in [-0.05, 0) is 17.7 Å². The highest BCUT2D eigenvalue weighted by atomic mass is 35.5. The molecular weight excluding hydrogens is 265 g/mol. The fourth-order valence-corrected chi connectivity index (χ4v) is 5.32. The summed E-state index contributed by atoms with van der Waals surface area (Å²) in [4.78, 5) is 0. The van der Waals surface area contributed by atoms with E-state index in [-0.39, 0.29) is 34.6 Å².